The number of carbonyl (C=O) groups excluding carboxylic acids is 1. The van der Waals surface area contributed by atoms with Gasteiger partial charge in [0.1, 0.15) is 18.0 Å². The zero-order valence-electron chi connectivity index (χ0n) is 20.1. The summed E-state index contributed by atoms with van der Waals surface area (Å²) in [5.74, 6) is 0.553. The lowest BCUT2D eigenvalue weighted by atomic mass is 10.1. The molecule has 0 aliphatic carbocycles. The molecular formula is C26H30Cl2N4O3. The maximum absolute atomic E-state index is 12.3. The molecule has 186 valence electrons. The summed E-state index contributed by atoms with van der Waals surface area (Å²) in [6.45, 7) is 7.12. The number of rotatable bonds is 5. The number of carbonyl (C=O) groups is 1. The van der Waals surface area contributed by atoms with Gasteiger partial charge >= 0.3 is 6.09 Å². The van der Waals surface area contributed by atoms with Crippen molar-refractivity contribution in [2.24, 2.45) is 0 Å². The number of nitrogen functional groups attached to an aromatic ring is 1. The van der Waals surface area contributed by atoms with Crippen LogP contribution in [0.25, 0.3) is 11.1 Å². The fourth-order valence-corrected chi connectivity index (χ4v) is 4.49. The van der Waals surface area contributed by atoms with Gasteiger partial charge in [0.15, 0.2) is 0 Å². The number of anilines is 1. The van der Waals surface area contributed by atoms with Crippen molar-refractivity contribution in [1.82, 2.24) is 14.7 Å². The minimum Gasteiger partial charge on any atom is -0.487 e. The van der Waals surface area contributed by atoms with E-state index in [0.717, 1.165) is 24.0 Å². The first-order valence-corrected chi connectivity index (χ1v) is 12.3. The summed E-state index contributed by atoms with van der Waals surface area (Å²) in [5, 5.41) is 5.68. The molecule has 0 spiro atoms. The average Bonchev–Trinajstić information content (AvgIpc) is 3.29. The molecule has 2 aromatic carbocycles. The first-order valence-electron chi connectivity index (χ1n) is 11.6. The molecule has 1 aromatic heterocycles. The van der Waals surface area contributed by atoms with Crippen molar-refractivity contribution in [3.05, 3.63) is 64.4 Å². The van der Waals surface area contributed by atoms with Gasteiger partial charge < -0.3 is 20.1 Å². The summed E-state index contributed by atoms with van der Waals surface area (Å²) in [7, 11) is 0. The Morgan fingerprint density at radius 1 is 1.11 bits per heavy atom. The van der Waals surface area contributed by atoms with Crippen molar-refractivity contribution in [3.63, 3.8) is 0 Å². The van der Waals surface area contributed by atoms with Crippen LogP contribution in [0.15, 0.2) is 48.8 Å². The number of halogens is 2. The summed E-state index contributed by atoms with van der Waals surface area (Å²) in [5.41, 5.74) is 8.80. The van der Waals surface area contributed by atoms with Crippen LogP contribution in [0.2, 0.25) is 10.0 Å². The van der Waals surface area contributed by atoms with Gasteiger partial charge in [-0.25, -0.2) is 4.79 Å². The first kappa shape index (κ1) is 25.2. The lowest BCUT2D eigenvalue weighted by Gasteiger charge is -2.33. The molecule has 0 atom stereocenters. The number of amides is 1. The zero-order chi connectivity index (χ0) is 25.2. The highest BCUT2D eigenvalue weighted by molar-refractivity contribution is 6.35. The van der Waals surface area contributed by atoms with Gasteiger partial charge in [-0.1, -0.05) is 35.3 Å². The van der Waals surface area contributed by atoms with E-state index >= 15 is 0 Å². The van der Waals surface area contributed by atoms with Gasteiger partial charge in [0.25, 0.3) is 0 Å². The van der Waals surface area contributed by atoms with Crippen LogP contribution in [-0.4, -0.2) is 39.5 Å². The van der Waals surface area contributed by atoms with Gasteiger partial charge in [-0.3, -0.25) is 4.68 Å². The number of piperidine rings is 1. The van der Waals surface area contributed by atoms with E-state index in [2.05, 4.69) is 5.10 Å². The minimum atomic E-state index is -0.494. The summed E-state index contributed by atoms with van der Waals surface area (Å²) in [6.07, 6.45) is 5.23. The number of nitrogens with two attached hydrogens (primary N) is 1. The zero-order valence-corrected chi connectivity index (χ0v) is 21.6. The second-order valence-electron chi connectivity index (χ2n) is 9.65. The Hall–Kier alpha value is -2.90. The number of likely N-dealkylation sites (tertiary alicyclic amines) is 1. The molecule has 2 heterocycles. The van der Waals surface area contributed by atoms with Gasteiger partial charge in [-0.15, -0.1) is 0 Å². The third-order valence-electron chi connectivity index (χ3n) is 5.87. The lowest BCUT2D eigenvalue weighted by Crippen LogP contribution is -2.42. The monoisotopic (exact) mass is 516 g/mol. The Balaban J connectivity index is 1.41. The summed E-state index contributed by atoms with van der Waals surface area (Å²) >= 11 is 12.5. The molecule has 4 rings (SSSR count). The van der Waals surface area contributed by atoms with E-state index < -0.39 is 5.60 Å². The van der Waals surface area contributed by atoms with Crippen LogP contribution in [-0.2, 0) is 11.3 Å². The lowest BCUT2D eigenvalue weighted by molar-refractivity contribution is 0.0185. The largest absolute Gasteiger partial charge is 0.487 e. The Labute approximate surface area is 215 Å². The predicted octanol–water partition coefficient (Wildman–Crippen LogP) is 6.59. The van der Waals surface area contributed by atoms with Crippen molar-refractivity contribution < 1.29 is 14.3 Å². The van der Waals surface area contributed by atoms with E-state index in [1.165, 1.54) is 0 Å². The van der Waals surface area contributed by atoms with Crippen LogP contribution in [0.5, 0.6) is 5.75 Å². The Bertz CT molecular complexity index is 1180. The molecule has 0 radical (unpaired) electrons. The molecule has 1 saturated heterocycles. The number of hydrogen-bond acceptors (Lipinski definition) is 5. The molecule has 0 saturated carbocycles. The fourth-order valence-electron chi connectivity index (χ4n) is 3.99. The molecule has 9 heteroatoms. The van der Waals surface area contributed by atoms with Gasteiger partial charge in [-0.2, -0.15) is 5.10 Å². The smallest absolute Gasteiger partial charge is 0.410 e. The second-order valence-corrected chi connectivity index (χ2v) is 10.5. The fraction of sp³-hybridized carbons (Fsp3) is 0.385. The summed E-state index contributed by atoms with van der Waals surface area (Å²) < 4.78 is 13.4. The molecule has 35 heavy (non-hydrogen) atoms. The van der Waals surface area contributed by atoms with Crippen LogP contribution in [0.4, 0.5) is 10.5 Å². The quantitative estimate of drug-likeness (QED) is 0.386. The minimum absolute atomic E-state index is 0.210. The van der Waals surface area contributed by atoms with E-state index in [-0.39, 0.29) is 18.7 Å². The maximum Gasteiger partial charge on any atom is 0.410 e. The van der Waals surface area contributed by atoms with E-state index in [1.54, 1.807) is 23.1 Å². The van der Waals surface area contributed by atoms with Crippen molar-refractivity contribution in [2.45, 2.75) is 51.9 Å². The summed E-state index contributed by atoms with van der Waals surface area (Å²) in [4.78, 5) is 14.1. The molecule has 1 aliphatic heterocycles. The molecule has 0 unspecified atom stereocenters. The number of ether oxygens (including phenoxy) is 2. The van der Waals surface area contributed by atoms with Gasteiger partial charge in [0.2, 0.25) is 0 Å². The molecular weight excluding hydrogens is 487 g/mol. The summed E-state index contributed by atoms with van der Waals surface area (Å²) in [6, 6.07) is 11.2. The normalized spacial score (nSPS) is 14.7. The molecule has 2 N–H and O–H groups in total. The SMILES string of the molecule is CC(C)(C)OC(=O)N1CCC(n2cc(-c3ccc(N)c(OCc4c(Cl)cccc4Cl)c3)cn2)CC1. The topological polar surface area (TPSA) is 82.6 Å². The third-order valence-corrected chi connectivity index (χ3v) is 6.58. The van der Waals surface area contributed by atoms with Crippen LogP contribution in [0.3, 0.4) is 0 Å². The number of benzene rings is 2. The Morgan fingerprint density at radius 3 is 2.46 bits per heavy atom. The predicted molar refractivity (Wildman–Crippen MR) is 139 cm³/mol. The van der Waals surface area contributed by atoms with Gasteiger partial charge in [0, 0.05) is 40.5 Å². The molecule has 1 fully saturated rings. The van der Waals surface area contributed by atoms with Crippen molar-refractivity contribution >= 4 is 35.0 Å². The molecule has 0 bridgehead atoms. The Morgan fingerprint density at radius 2 is 1.80 bits per heavy atom. The third kappa shape index (κ3) is 6.21. The number of hydrogen-bond donors (Lipinski definition) is 1. The second kappa shape index (κ2) is 10.4. The van der Waals surface area contributed by atoms with E-state index in [1.807, 2.05) is 56.0 Å². The van der Waals surface area contributed by atoms with Crippen LogP contribution in [0, 0.1) is 0 Å². The van der Waals surface area contributed by atoms with E-state index in [4.69, 9.17) is 38.4 Å². The highest BCUT2D eigenvalue weighted by Gasteiger charge is 2.28. The molecule has 7 nitrogen and oxygen atoms in total. The molecule has 1 amide bonds. The van der Waals surface area contributed by atoms with Crippen molar-refractivity contribution in [3.8, 4) is 16.9 Å². The van der Waals surface area contributed by atoms with Crippen molar-refractivity contribution in [1.29, 1.82) is 0 Å². The van der Waals surface area contributed by atoms with Crippen LogP contribution < -0.4 is 10.5 Å². The number of nitrogens with zero attached hydrogens (tertiary/aromatic N) is 3. The highest BCUT2D eigenvalue weighted by Crippen LogP contribution is 2.32. The highest BCUT2D eigenvalue weighted by atomic mass is 35.5. The first-order chi connectivity index (χ1) is 16.6. The van der Waals surface area contributed by atoms with Gasteiger partial charge in [-0.05, 0) is 63.4 Å². The Kier molecular flexibility index (Phi) is 7.47. The van der Waals surface area contributed by atoms with E-state index in [0.29, 0.717) is 40.1 Å². The van der Waals surface area contributed by atoms with Crippen LogP contribution >= 0.6 is 23.2 Å². The van der Waals surface area contributed by atoms with E-state index in [9.17, 15) is 4.79 Å². The molecule has 3 aromatic rings. The number of aromatic nitrogens is 2. The average molecular weight is 517 g/mol. The standard InChI is InChI=1S/C26H30Cl2N4O3/c1-26(2,3)35-25(33)31-11-9-19(10-12-31)32-15-18(14-30-32)17-7-8-23(29)24(13-17)34-16-20-21(27)5-4-6-22(20)28/h4-8,13-15,19H,9-12,16,29H2,1-3H3. The van der Waals surface area contributed by atoms with Crippen LogP contribution in [0.1, 0.15) is 45.2 Å². The maximum atomic E-state index is 12.3. The van der Waals surface area contributed by atoms with Gasteiger partial charge in [0.05, 0.1) is 17.9 Å². The van der Waals surface area contributed by atoms with Crippen molar-refractivity contribution in [2.75, 3.05) is 18.8 Å². The molecule has 1 aliphatic rings.